The van der Waals surface area contributed by atoms with Crippen molar-refractivity contribution >= 4 is 32.3 Å². The molecule has 4 rings (SSSR count). The molecule has 0 aliphatic heterocycles. The highest BCUT2D eigenvalue weighted by Crippen LogP contribution is 2.47. The van der Waals surface area contributed by atoms with Crippen molar-refractivity contribution in [1.82, 2.24) is 0 Å². The zero-order valence-electron chi connectivity index (χ0n) is 35.5. The molecule has 0 bridgehead atoms. The second-order valence-corrected chi connectivity index (χ2v) is 16.2. The van der Waals surface area contributed by atoms with E-state index in [0.29, 0.717) is 25.7 Å². The van der Waals surface area contributed by atoms with Gasteiger partial charge in [-0.25, -0.2) is 17.6 Å². The molecule has 0 saturated carbocycles. The highest BCUT2D eigenvalue weighted by Gasteiger charge is 2.32. The van der Waals surface area contributed by atoms with Crippen LogP contribution in [0.2, 0.25) is 0 Å². The van der Waals surface area contributed by atoms with E-state index in [9.17, 15) is 0 Å². The zero-order chi connectivity index (χ0) is 39.4. The molecule has 0 unspecified atom stereocenters. The Balaban J connectivity index is 2.41. The number of halogens is 4. The lowest BCUT2D eigenvalue weighted by Gasteiger charge is -2.27. The molecule has 0 radical (unpaired) electrons. The van der Waals surface area contributed by atoms with Gasteiger partial charge in [0.15, 0.2) is 0 Å². The topological polar surface area (TPSA) is 0 Å². The molecule has 4 aromatic rings. The lowest BCUT2D eigenvalue weighted by molar-refractivity contribution is 0.593. The standard InChI is InChI=1S/C50H72F4/c1-9-17-25-33-34(26-18-10-2)38(30-22-14-6)42-41(37(33)29-21-13-5)47(51)45-46(48(42)52)50(54)44-40(32-24-16-8)36(28-20-12-4)35(27-19-11-3)39(31-23-15-7)43(44)49(45)53/h9-32H2,1-8H3. The van der Waals surface area contributed by atoms with E-state index in [1.165, 1.54) is 0 Å². The molecular formula is C50H72F4. The third-order valence-electron chi connectivity index (χ3n) is 12.1. The van der Waals surface area contributed by atoms with Crippen molar-refractivity contribution in [2.45, 2.75) is 209 Å². The monoisotopic (exact) mass is 749 g/mol. The first kappa shape index (κ1) is 44.1. The number of benzene rings is 4. The van der Waals surface area contributed by atoms with Crippen molar-refractivity contribution < 1.29 is 17.6 Å². The maximum atomic E-state index is 18.0. The molecule has 0 amide bonds. The maximum Gasteiger partial charge on any atom is 0.142 e. The second-order valence-electron chi connectivity index (χ2n) is 16.2. The fourth-order valence-corrected chi connectivity index (χ4v) is 9.18. The Morgan fingerprint density at radius 1 is 0.222 bits per heavy atom. The van der Waals surface area contributed by atoms with Crippen molar-refractivity contribution in [1.29, 1.82) is 0 Å². The van der Waals surface area contributed by atoms with Gasteiger partial charge in [0.25, 0.3) is 0 Å². The quantitative estimate of drug-likeness (QED) is 0.0494. The molecule has 4 aromatic carbocycles. The summed E-state index contributed by atoms with van der Waals surface area (Å²) in [6.07, 6.45) is 20.3. The minimum absolute atomic E-state index is 0.218. The van der Waals surface area contributed by atoms with E-state index in [4.69, 9.17) is 0 Å². The number of unbranched alkanes of at least 4 members (excludes halogenated alkanes) is 8. The van der Waals surface area contributed by atoms with Crippen LogP contribution < -0.4 is 0 Å². The summed E-state index contributed by atoms with van der Waals surface area (Å²) < 4.78 is 71.8. The third-order valence-corrected chi connectivity index (χ3v) is 12.1. The van der Waals surface area contributed by atoms with Crippen LogP contribution in [0.1, 0.15) is 203 Å². The smallest absolute Gasteiger partial charge is 0.142 e. The fraction of sp³-hybridized carbons (Fsp3) is 0.640. The Morgan fingerprint density at radius 3 is 0.519 bits per heavy atom. The average Bonchev–Trinajstić information content (AvgIpc) is 3.17. The molecule has 0 nitrogen and oxygen atoms in total. The van der Waals surface area contributed by atoms with Crippen LogP contribution in [0.3, 0.4) is 0 Å². The van der Waals surface area contributed by atoms with Gasteiger partial charge in [-0.15, -0.1) is 0 Å². The molecule has 0 aliphatic rings. The van der Waals surface area contributed by atoms with E-state index in [-0.39, 0.29) is 21.5 Å². The molecule has 0 fully saturated rings. The normalized spacial score (nSPS) is 12.0. The van der Waals surface area contributed by atoms with E-state index in [1.54, 1.807) is 0 Å². The van der Waals surface area contributed by atoms with Crippen LogP contribution in [0.15, 0.2) is 0 Å². The summed E-state index contributed by atoms with van der Waals surface area (Å²) in [5.41, 5.74) is 7.90. The molecule has 0 saturated heterocycles. The van der Waals surface area contributed by atoms with Crippen molar-refractivity contribution in [2.75, 3.05) is 0 Å². The highest BCUT2D eigenvalue weighted by molar-refractivity contribution is 6.10. The van der Waals surface area contributed by atoms with Gasteiger partial charge in [0.2, 0.25) is 0 Å². The molecule has 0 atom stereocenters. The molecule has 54 heavy (non-hydrogen) atoms. The molecule has 0 N–H and O–H groups in total. The molecule has 4 heteroatoms. The third kappa shape index (κ3) is 8.99. The Morgan fingerprint density at radius 2 is 0.370 bits per heavy atom. The number of rotatable bonds is 24. The van der Waals surface area contributed by atoms with Gasteiger partial charge >= 0.3 is 0 Å². The summed E-state index contributed by atoms with van der Waals surface area (Å²) in [5, 5.41) is -0.0830. The van der Waals surface area contributed by atoms with Gasteiger partial charge in [-0.05, 0) is 147 Å². The summed E-state index contributed by atoms with van der Waals surface area (Å²) in [7, 11) is 0. The molecule has 0 aliphatic carbocycles. The number of hydrogen-bond acceptors (Lipinski definition) is 0. The largest absolute Gasteiger partial charge is 0.206 e. The molecule has 0 spiro atoms. The van der Waals surface area contributed by atoms with Crippen LogP contribution in [0, 0.1) is 23.3 Å². The van der Waals surface area contributed by atoms with Crippen molar-refractivity contribution in [3.05, 3.63) is 67.8 Å². The van der Waals surface area contributed by atoms with Crippen LogP contribution in [0.25, 0.3) is 32.3 Å². The first-order valence-electron chi connectivity index (χ1n) is 22.5. The molecule has 0 heterocycles. The van der Waals surface area contributed by atoms with Gasteiger partial charge in [-0.3, -0.25) is 0 Å². The van der Waals surface area contributed by atoms with Crippen LogP contribution >= 0.6 is 0 Å². The summed E-state index contributed by atoms with van der Waals surface area (Å²) in [6.45, 7) is 17.1. The van der Waals surface area contributed by atoms with Crippen molar-refractivity contribution in [3.8, 4) is 0 Å². The van der Waals surface area contributed by atoms with Gasteiger partial charge in [0.1, 0.15) is 23.3 Å². The zero-order valence-corrected chi connectivity index (χ0v) is 35.5. The van der Waals surface area contributed by atoms with E-state index < -0.39 is 34.0 Å². The van der Waals surface area contributed by atoms with Crippen molar-refractivity contribution in [3.63, 3.8) is 0 Å². The predicted octanol–water partition coefficient (Wildman–Crippen LogP) is 16.4. The van der Waals surface area contributed by atoms with Crippen LogP contribution in [-0.4, -0.2) is 0 Å². The number of hydrogen-bond donors (Lipinski definition) is 0. The highest BCUT2D eigenvalue weighted by atomic mass is 19.1. The van der Waals surface area contributed by atoms with Gasteiger partial charge < -0.3 is 0 Å². The van der Waals surface area contributed by atoms with Gasteiger partial charge in [-0.2, -0.15) is 0 Å². The summed E-state index contributed by atoms with van der Waals surface area (Å²) in [6, 6.07) is 0. The maximum absolute atomic E-state index is 18.0. The first-order valence-corrected chi connectivity index (χ1v) is 22.5. The van der Waals surface area contributed by atoms with Gasteiger partial charge in [0, 0.05) is 21.5 Å². The van der Waals surface area contributed by atoms with E-state index >= 15 is 17.6 Å². The van der Waals surface area contributed by atoms with Crippen LogP contribution in [0.4, 0.5) is 17.6 Å². The molecule has 0 aromatic heterocycles. The lowest BCUT2D eigenvalue weighted by atomic mass is 9.78. The average molecular weight is 749 g/mol. The first-order chi connectivity index (χ1) is 26.2. The Hall–Kier alpha value is -2.62. The summed E-state index contributed by atoms with van der Waals surface area (Å²) >= 11 is 0. The fourth-order valence-electron chi connectivity index (χ4n) is 9.18. The Kier molecular flexibility index (Phi) is 17.7. The number of aryl methyl sites for hydroxylation is 4. The number of fused-ring (bicyclic) bond motifs is 3. The summed E-state index contributed by atoms with van der Waals surface area (Å²) in [5.74, 6) is -3.04. The SMILES string of the molecule is CCCCc1c(CCCC)c(CCCC)c2c(F)c3c(F)c4c(CCCC)c(CCCC)c(CCCC)c(CCCC)c4c(F)c3c(F)c2c1CCCC. The Labute approximate surface area is 326 Å². The lowest BCUT2D eigenvalue weighted by Crippen LogP contribution is -2.13. The van der Waals surface area contributed by atoms with Crippen molar-refractivity contribution in [2.24, 2.45) is 0 Å². The molecule has 300 valence electrons. The predicted molar refractivity (Wildman–Crippen MR) is 228 cm³/mol. The molecular weight excluding hydrogens is 677 g/mol. The van der Waals surface area contributed by atoms with Gasteiger partial charge in [0.05, 0.1) is 10.8 Å². The van der Waals surface area contributed by atoms with Gasteiger partial charge in [-0.1, -0.05) is 107 Å². The minimum atomic E-state index is -0.759. The second kappa shape index (κ2) is 21.6. The van der Waals surface area contributed by atoms with Crippen LogP contribution in [0.5, 0.6) is 0 Å². The Bertz CT molecular complexity index is 1580. The van der Waals surface area contributed by atoms with Crippen LogP contribution in [-0.2, 0) is 51.4 Å². The van der Waals surface area contributed by atoms with E-state index in [1.807, 2.05) is 0 Å². The minimum Gasteiger partial charge on any atom is -0.206 e. The summed E-state index contributed by atoms with van der Waals surface area (Å²) in [4.78, 5) is 0. The van der Waals surface area contributed by atoms with E-state index in [2.05, 4.69) is 55.4 Å². The van der Waals surface area contributed by atoms with E-state index in [0.717, 1.165) is 173 Å².